The number of amides is 2. The summed E-state index contributed by atoms with van der Waals surface area (Å²) in [6.45, 7) is 0.444. The second-order valence-corrected chi connectivity index (χ2v) is 5.38. The van der Waals surface area contributed by atoms with Crippen molar-refractivity contribution in [2.24, 2.45) is 0 Å². The summed E-state index contributed by atoms with van der Waals surface area (Å²) in [5.74, 6) is -0.452. The number of halogens is 1. The van der Waals surface area contributed by atoms with Gasteiger partial charge in [-0.1, -0.05) is 15.9 Å². The van der Waals surface area contributed by atoms with E-state index in [1.807, 2.05) is 0 Å². The predicted octanol–water partition coefficient (Wildman–Crippen LogP) is 2.54. The minimum atomic E-state index is -0.973. The van der Waals surface area contributed by atoms with Crippen molar-refractivity contribution >= 4 is 33.6 Å². The summed E-state index contributed by atoms with van der Waals surface area (Å²) >= 11 is 3.32. The zero-order chi connectivity index (χ0) is 14.7. The number of rotatable bonds is 3. The van der Waals surface area contributed by atoms with Crippen molar-refractivity contribution in [2.75, 3.05) is 19.0 Å². The van der Waals surface area contributed by atoms with Crippen molar-refractivity contribution in [1.29, 1.82) is 0 Å². The molecule has 0 saturated carbocycles. The van der Waals surface area contributed by atoms with Gasteiger partial charge in [-0.2, -0.15) is 0 Å². The quantitative estimate of drug-likeness (QED) is 0.884. The van der Waals surface area contributed by atoms with Gasteiger partial charge in [0, 0.05) is 11.0 Å². The molecular formula is C13H15BrN2O4. The van der Waals surface area contributed by atoms with Crippen LogP contribution >= 0.6 is 15.9 Å². The first kappa shape index (κ1) is 14.6. The highest BCUT2D eigenvalue weighted by molar-refractivity contribution is 9.10. The van der Waals surface area contributed by atoms with E-state index >= 15 is 0 Å². The fourth-order valence-corrected chi connectivity index (χ4v) is 2.59. The highest BCUT2D eigenvalue weighted by atomic mass is 79.9. The Bertz CT molecular complexity index is 535. The van der Waals surface area contributed by atoms with Crippen molar-refractivity contribution in [3.8, 4) is 5.75 Å². The Morgan fingerprint density at radius 1 is 1.50 bits per heavy atom. The van der Waals surface area contributed by atoms with E-state index in [2.05, 4.69) is 21.2 Å². The molecule has 2 amide bonds. The molecule has 20 heavy (non-hydrogen) atoms. The van der Waals surface area contributed by atoms with Gasteiger partial charge < -0.3 is 20.1 Å². The molecule has 2 rings (SSSR count). The van der Waals surface area contributed by atoms with Crippen LogP contribution in [0.2, 0.25) is 0 Å². The number of hydrogen-bond donors (Lipinski definition) is 2. The van der Waals surface area contributed by atoms with E-state index in [-0.39, 0.29) is 0 Å². The summed E-state index contributed by atoms with van der Waals surface area (Å²) in [5, 5.41) is 11.8. The number of ether oxygens (including phenoxy) is 1. The Morgan fingerprint density at radius 2 is 2.25 bits per heavy atom. The number of methoxy groups -OCH3 is 1. The van der Waals surface area contributed by atoms with Gasteiger partial charge in [-0.25, -0.2) is 9.59 Å². The number of carbonyl (C=O) groups is 2. The molecule has 2 N–H and O–H groups in total. The van der Waals surface area contributed by atoms with Crippen molar-refractivity contribution < 1.29 is 19.4 Å². The largest absolute Gasteiger partial charge is 0.495 e. The Labute approximate surface area is 124 Å². The standard InChI is InChI=1S/C13H15BrN2O4/c1-20-11-5-4-8(14)7-9(11)15-13(19)16-6-2-3-10(16)12(17)18/h4-5,7,10H,2-3,6H2,1H3,(H,15,19)(H,17,18). The molecule has 1 aromatic rings. The fraction of sp³-hybridized carbons (Fsp3) is 0.385. The Hall–Kier alpha value is -1.76. The summed E-state index contributed by atoms with van der Waals surface area (Å²) in [7, 11) is 1.51. The van der Waals surface area contributed by atoms with Crippen LogP contribution < -0.4 is 10.1 Å². The minimum absolute atomic E-state index is 0.425. The average Bonchev–Trinajstić information content (AvgIpc) is 2.88. The van der Waals surface area contributed by atoms with Crippen LogP contribution in [0.1, 0.15) is 12.8 Å². The maximum Gasteiger partial charge on any atom is 0.326 e. The van der Waals surface area contributed by atoms with Crippen LogP contribution in [0, 0.1) is 0 Å². The molecule has 1 aromatic carbocycles. The van der Waals surface area contributed by atoms with E-state index in [9.17, 15) is 9.59 Å². The second-order valence-electron chi connectivity index (χ2n) is 4.46. The van der Waals surface area contributed by atoms with Gasteiger partial charge in [0.1, 0.15) is 11.8 Å². The summed E-state index contributed by atoms with van der Waals surface area (Å²) in [5.41, 5.74) is 0.503. The Kier molecular flexibility index (Phi) is 4.49. The van der Waals surface area contributed by atoms with Gasteiger partial charge in [0.05, 0.1) is 12.8 Å². The van der Waals surface area contributed by atoms with E-state index in [4.69, 9.17) is 9.84 Å². The molecule has 0 radical (unpaired) electrons. The molecule has 7 heteroatoms. The zero-order valence-corrected chi connectivity index (χ0v) is 12.5. The summed E-state index contributed by atoms with van der Waals surface area (Å²) < 4.78 is 5.96. The molecular weight excluding hydrogens is 328 g/mol. The molecule has 1 atom stereocenters. The number of carboxylic acids is 1. The van der Waals surface area contributed by atoms with Crippen molar-refractivity contribution in [3.05, 3.63) is 22.7 Å². The third-order valence-electron chi connectivity index (χ3n) is 3.20. The number of aliphatic carboxylic acids is 1. The summed E-state index contributed by atoms with van der Waals surface area (Å²) in [6, 6.07) is 4.05. The van der Waals surface area contributed by atoms with E-state index < -0.39 is 18.0 Å². The van der Waals surface area contributed by atoms with E-state index in [1.54, 1.807) is 18.2 Å². The molecule has 0 aliphatic carbocycles. The molecule has 1 aliphatic heterocycles. The van der Waals surface area contributed by atoms with Crippen LogP contribution in [0.25, 0.3) is 0 Å². The molecule has 1 aliphatic rings. The number of carboxylic acid groups (broad SMARTS) is 1. The van der Waals surface area contributed by atoms with Gasteiger partial charge in [0.25, 0.3) is 0 Å². The highest BCUT2D eigenvalue weighted by Crippen LogP contribution is 2.29. The van der Waals surface area contributed by atoms with Gasteiger partial charge >= 0.3 is 12.0 Å². The average molecular weight is 343 g/mol. The van der Waals surface area contributed by atoms with Crippen LogP contribution in [0.4, 0.5) is 10.5 Å². The monoisotopic (exact) mass is 342 g/mol. The van der Waals surface area contributed by atoms with E-state index in [0.717, 1.165) is 4.47 Å². The molecule has 6 nitrogen and oxygen atoms in total. The van der Waals surface area contributed by atoms with Crippen LogP contribution in [-0.4, -0.2) is 41.7 Å². The lowest BCUT2D eigenvalue weighted by atomic mass is 10.2. The van der Waals surface area contributed by atoms with Gasteiger partial charge in [-0.05, 0) is 31.0 Å². The normalized spacial score (nSPS) is 17.9. The Morgan fingerprint density at radius 3 is 2.90 bits per heavy atom. The Balaban J connectivity index is 2.15. The van der Waals surface area contributed by atoms with Gasteiger partial charge in [-0.15, -0.1) is 0 Å². The highest BCUT2D eigenvalue weighted by Gasteiger charge is 2.34. The smallest absolute Gasteiger partial charge is 0.326 e. The van der Waals surface area contributed by atoms with Crippen molar-refractivity contribution in [3.63, 3.8) is 0 Å². The molecule has 1 unspecified atom stereocenters. The van der Waals surface area contributed by atoms with Crippen LogP contribution in [0.5, 0.6) is 5.75 Å². The second kappa shape index (κ2) is 6.13. The lowest BCUT2D eigenvalue weighted by Gasteiger charge is -2.22. The number of likely N-dealkylation sites (tertiary alicyclic amines) is 1. The molecule has 1 heterocycles. The van der Waals surface area contributed by atoms with Gasteiger partial charge in [0.15, 0.2) is 0 Å². The van der Waals surface area contributed by atoms with Crippen molar-refractivity contribution in [2.45, 2.75) is 18.9 Å². The van der Waals surface area contributed by atoms with Gasteiger partial charge in [0.2, 0.25) is 0 Å². The lowest BCUT2D eigenvalue weighted by molar-refractivity contribution is -0.141. The molecule has 108 valence electrons. The lowest BCUT2D eigenvalue weighted by Crippen LogP contribution is -2.42. The third-order valence-corrected chi connectivity index (χ3v) is 3.70. The third kappa shape index (κ3) is 3.04. The van der Waals surface area contributed by atoms with Crippen LogP contribution in [0.15, 0.2) is 22.7 Å². The molecule has 0 bridgehead atoms. The number of nitrogens with one attached hydrogen (secondary N) is 1. The number of urea groups is 1. The van der Waals surface area contributed by atoms with Gasteiger partial charge in [-0.3, -0.25) is 0 Å². The van der Waals surface area contributed by atoms with Crippen molar-refractivity contribution in [1.82, 2.24) is 4.90 Å². The topological polar surface area (TPSA) is 78.9 Å². The minimum Gasteiger partial charge on any atom is -0.495 e. The molecule has 0 aromatic heterocycles. The fourth-order valence-electron chi connectivity index (χ4n) is 2.23. The maximum atomic E-state index is 12.2. The number of hydrogen-bond acceptors (Lipinski definition) is 3. The number of carbonyl (C=O) groups excluding carboxylic acids is 1. The van der Waals surface area contributed by atoms with E-state index in [0.29, 0.717) is 30.8 Å². The molecule has 1 saturated heterocycles. The molecule has 1 fully saturated rings. The van der Waals surface area contributed by atoms with E-state index in [1.165, 1.54) is 12.0 Å². The number of benzene rings is 1. The summed E-state index contributed by atoms with van der Waals surface area (Å²) in [4.78, 5) is 24.6. The first-order valence-corrected chi connectivity index (χ1v) is 6.96. The first-order chi connectivity index (χ1) is 9.52. The number of nitrogens with zero attached hydrogens (tertiary/aromatic N) is 1. The summed E-state index contributed by atoms with van der Waals surface area (Å²) in [6.07, 6.45) is 1.18. The first-order valence-electron chi connectivity index (χ1n) is 6.17. The van der Waals surface area contributed by atoms with Crippen LogP contribution in [0.3, 0.4) is 0 Å². The van der Waals surface area contributed by atoms with Crippen LogP contribution in [-0.2, 0) is 4.79 Å². The SMILES string of the molecule is COc1ccc(Br)cc1NC(=O)N1CCCC1C(=O)O. The predicted molar refractivity (Wildman–Crippen MR) is 77.1 cm³/mol. The maximum absolute atomic E-state index is 12.2. The number of anilines is 1. The molecule has 0 spiro atoms. The zero-order valence-electron chi connectivity index (χ0n) is 10.9.